The number of nitrogens with two attached hydrogens (primary N) is 1. The van der Waals surface area contributed by atoms with Gasteiger partial charge in [0.1, 0.15) is 0 Å². The molecular formula is C9H19NS. The fourth-order valence-corrected chi connectivity index (χ4v) is 2.67. The average Bonchev–Trinajstić information content (AvgIpc) is 2.10. The third-order valence-electron chi connectivity index (χ3n) is 2.50. The lowest BCUT2D eigenvalue weighted by molar-refractivity contribution is 0.296. The van der Waals surface area contributed by atoms with Gasteiger partial charge in [-0.2, -0.15) is 11.8 Å². The summed E-state index contributed by atoms with van der Waals surface area (Å²) in [4.78, 5) is 0. The van der Waals surface area contributed by atoms with E-state index >= 15 is 0 Å². The fourth-order valence-electron chi connectivity index (χ4n) is 1.65. The van der Waals surface area contributed by atoms with Crippen molar-refractivity contribution in [1.29, 1.82) is 0 Å². The van der Waals surface area contributed by atoms with Crippen molar-refractivity contribution in [2.24, 2.45) is 11.7 Å². The number of thioether (sulfide) groups is 1. The van der Waals surface area contributed by atoms with Crippen LogP contribution in [0.2, 0.25) is 0 Å². The molecule has 1 rings (SSSR count). The van der Waals surface area contributed by atoms with E-state index in [0.717, 1.165) is 5.92 Å². The van der Waals surface area contributed by atoms with Gasteiger partial charge in [0.15, 0.2) is 0 Å². The lowest BCUT2D eigenvalue weighted by Crippen LogP contribution is -2.40. The van der Waals surface area contributed by atoms with Crippen molar-refractivity contribution < 1.29 is 0 Å². The molecule has 0 radical (unpaired) electrons. The smallest absolute Gasteiger partial charge is 0.0126 e. The second-order valence-corrected chi connectivity index (χ2v) is 5.29. The van der Waals surface area contributed by atoms with Gasteiger partial charge in [0, 0.05) is 5.54 Å². The summed E-state index contributed by atoms with van der Waals surface area (Å²) >= 11 is 2.08. The molecular weight excluding hydrogens is 154 g/mol. The van der Waals surface area contributed by atoms with Gasteiger partial charge in [-0.1, -0.05) is 0 Å². The third kappa shape index (κ3) is 3.04. The minimum absolute atomic E-state index is 0.0465. The molecule has 1 nitrogen and oxygen atoms in total. The van der Waals surface area contributed by atoms with Gasteiger partial charge in [-0.15, -0.1) is 0 Å². The molecule has 0 aromatic heterocycles. The number of hydrogen-bond acceptors (Lipinski definition) is 2. The van der Waals surface area contributed by atoms with Crippen LogP contribution in [0, 0.1) is 5.92 Å². The van der Waals surface area contributed by atoms with Gasteiger partial charge in [0.2, 0.25) is 0 Å². The highest BCUT2D eigenvalue weighted by atomic mass is 32.2. The molecule has 2 N–H and O–H groups in total. The average molecular weight is 173 g/mol. The highest BCUT2D eigenvalue weighted by Crippen LogP contribution is 2.28. The monoisotopic (exact) mass is 173 g/mol. The zero-order valence-electron chi connectivity index (χ0n) is 7.60. The molecule has 1 aliphatic rings. The molecule has 1 atom stereocenters. The first-order valence-corrected chi connectivity index (χ1v) is 5.63. The van der Waals surface area contributed by atoms with Gasteiger partial charge in [0.05, 0.1) is 0 Å². The van der Waals surface area contributed by atoms with Crippen LogP contribution in [0.25, 0.3) is 0 Å². The molecule has 0 spiro atoms. The van der Waals surface area contributed by atoms with Crippen LogP contribution >= 0.6 is 11.8 Å². The minimum Gasteiger partial charge on any atom is -0.325 e. The van der Waals surface area contributed by atoms with Gasteiger partial charge < -0.3 is 5.73 Å². The van der Waals surface area contributed by atoms with E-state index in [0.29, 0.717) is 0 Å². The van der Waals surface area contributed by atoms with Gasteiger partial charge in [-0.25, -0.2) is 0 Å². The molecule has 0 bridgehead atoms. The van der Waals surface area contributed by atoms with E-state index in [2.05, 4.69) is 25.6 Å². The molecule has 66 valence electrons. The topological polar surface area (TPSA) is 26.0 Å². The normalized spacial score (nSPS) is 28.1. The molecule has 1 saturated heterocycles. The Morgan fingerprint density at radius 2 is 2.00 bits per heavy atom. The summed E-state index contributed by atoms with van der Waals surface area (Å²) in [5, 5.41) is 0. The van der Waals surface area contributed by atoms with Crippen LogP contribution in [0.3, 0.4) is 0 Å². The van der Waals surface area contributed by atoms with Crippen LogP contribution in [0.15, 0.2) is 0 Å². The summed E-state index contributed by atoms with van der Waals surface area (Å²) in [6.07, 6.45) is 4.00. The Bertz CT molecular complexity index is 109. The molecule has 2 heteroatoms. The lowest BCUT2D eigenvalue weighted by Gasteiger charge is -2.29. The van der Waals surface area contributed by atoms with Crippen molar-refractivity contribution in [2.75, 3.05) is 11.5 Å². The molecule has 0 aliphatic carbocycles. The predicted octanol–water partition coefficient (Wildman–Crippen LogP) is 2.26. The fraction of sp³-hybridized carbons (Fsp3) is 1.00. The maximum absolute atomic E-state index is 6.07. The van der Waals surface area contributed by atoms with Crippen molar-refractivity contribution in [1.82, 2.24) is 0 Å². The molecule has 1 aliphatic heterocycles. The summed E-state index contributed by atoms with van der Waals surface area (Å²) in [5.41, 5.74) is 6.12. The molecule has 1 unspecified atom stereocenters. The first-order valence-electron chi connectivity index (χ1n) is 4.47. The minimum atomic E-state index is 0.0465. The van der Waals surface area contributed by atoms with Crippen LogP contribution in [-0.2, 0) is 0 Å². The molecule has 0 aromatic rings. The summed E-state index contributed by atoms with van der Waals surface area (Å²) in [6.45, 7) is 4.32. The zero-order chi connectivity index (χ0) is 8.32. The molecule has 0 aromatic carbocycles. The quantitative estimate of drug-likeness (QED) is 0.658. The predicted molar refractivity (Wildman–Crippen MR) is 52.9 cm³/mol. The Hall–Kier alpha value is 0.310. The van der Waals surface area contributed by atoms with Crippen LogP contribution in [0.4, 0.5) is 0 Å². The first kappa shape index (κ1) is 9.40. The molecule has 1 heterocycles. The Labute approximate surface area is 74.1 Å². The maximum Gasteiger partial charge on any atom is 0.0126 e. The Morgan fingerprint density at radius 3 is 2.64 bits per heavy atom. The van der Waals surface area contributed by atoms with Crippen LogP contribution < -0.4 is 5.73 Å². The largest absolute Gasteiger partial charge is 0.325 e. The van der Waals surface area contributed by atoms with E-state index in [1.54, 1.807) is 0 Å². The maximum atomic E-state index is 6.07. The Kier molecular flexibility index (Phi) is 3.26. The zero-order valence-corrected chi connectivity index (χ0v) is 8.41. The highest BCUT2D eigenvalue weighted by Gasteiger charge is 2.25. The Balaban J connectivity index is 2.43. The highest BCUT2D eigenvalue weighted by molar-refractivity contribution is 7.99. The standard InChI is InChI=1S/C9H19NS/c1-9(2,10)8-4-3-6-11-7-5-8/h8H,3-7,10H2,1-2H3. The molecule has 1 fully saturated rings. The van der Waals surface area contributed by atoms with Crippen molar-refractivity contribution in [2.45, 2.75) is 38.6 Å². The number of rotatable bonds is 1. The first-order chi connectivity index (χ1) is 5.11. The van der Waals surface area contributed by atoms with E-state index in [-0.39, 0.29) is 5.54 Å². The van der Waals surface area contributed by atoms with Crippen LogP contribution in [0.1, 0.15) is 33.1 Å². The molecule has 0 amide bonds. The van der Waals surface area contributed by atoms with Gasteiger partial charge in [-0.3, -0.25) is 0 Å². The van der Waals surface area contributed by atoms with E-state index in [4.69, 9.17) is 5.73 Å². The lowest BCUT2D eigenvalue weighted by atomic mass is 9.83. The molecule has 11 heavy (non-hydrogen) atoms. The van der Waals surface area contributed by atoms with E-state index in [1.807, 2.05) is 0 Å². The van der Waals surface area contributed by atoms with E-state index < -0.39 is 0 Å². The molecule has 0 saturated carbocycles. The van der Waals surface area contributed by atoms with Gasteiger partial charge in [-0.05, 0) is 50.5 Å². The second kappa shape index (κ2) is 3.81. The van der Waals surface area contributed by atoms with Crippen molar-refractivity contribution in [3.05, 3.63) is 0 Å². The van der Waals surface area contributed by atoms with Gasteiger partial charge >= 0.3 is 0 Å². The van der Waals surface area contributed by atoms with E-state index in [1.165, 1.54) is 30.8 Å². The van der Waals surface area contributed by atoms with Crippen LogP contribution in [-0.4, -0.2) is 17.0 Å². The van der Waals surface area contributed by atoms with Crippen molar-refractivity contribution in [3.63, 3.8) is 0 Å². The summed E-state index contributed by atoms with van der Waals surface area (Å²) in [7, 11) is 0. The van der Waals surface area contributed by atoms with Crippen molar-refractivity contribution in [3.8, 4) is 0 Å². The summed E-state index contributed by atoms with van der Waals surface area (Å²) < 4.78 is 0. The van der Waals surface area contributed by atoms with Crippen molar-refractivity contribution >= 4 is 11.8 Å². The number of hydrogen-bond donors (Lipinski definition) is 1. The van der Waals surface area contributed by atoms with Crippen LogP contribution in [0.5, 0.6) is 0 Å². The second-order valence-electron chi connectivity index (χ2n) is 4.06. The third-order valence-corrected chi connectivity index (χ3v) is 3.61. The summed E-state index contributed by atoms with van der Waals surface area (Å²) in [5.74, 6) is 3.40. The Morgan fingerprint density at radius 1 is 1.27 bits per heavy atom. The van der Waals surface area contributed by atoms with E-state index in [9.17, 15) is 0 Å². The summed E-state index contributed by atoms with van der Waals surface area (Å²) in [6, 6.07) is 0. The van der Waals surface area contributed by atoms with Gasteiger partial charge in [0.25, 0.3) is 0 Å². The SMILES string of the molecule is CC(C)(N)C1CCCSCC1.